The number of rotatable bonds is 6. The molecule has 1 fully saturated rings. The molecule has 1 aliphatic carbocycles. The van der Waals surface area contributed by atoms with Gasteiger partial charge in [-0.25, -0.2) is 0 Å². The third kappa shape index (κ3) is 4.11. The van der Waals surface area contributed by atoms with E-state index in [1.54, 1.807) is 0 Å². The quantitative estimate of drug-likeness (QED) is 0.712. The SMILES string of the molecule is CCN(C(=O)[C@H](C)Sc1nnc(C)n1-c1ccccc1)C1CCCCC1. The van der Waals surface area contributed by atoms with E-state index in [1.165, 1.54) is 31.0 Å². The predicted molar refractivity (Wildman–Crippen MR) is 106 cm³/mol. The number of nitrogens with zero attached hydrogens (tertiary/aromatic N) is 4. The topological polar surface area (TPSA) is 51.0 Å². The number of hydrogen-bond acceptors (Lipinski definition) is 4. The fourth-order valence-corrected chi connectivity index (χ4v) is 4.71. The average molecular weight is 373 g/mol. The van der Waals surface area contributed by atoms with Crippen molar-refractivity contribution >= 4 is 17.7 Å². The molecule has 1 aromatic heterocycles. The van der Waals surface area contributed by atoms with Crippen LogP contribution in [0.1, 0.15) is 51.8 Å². The van der Waals surface area contributed by atoms with Gasteiger partial charge in [0.05, 0.1) is 5.25 Å². The summed E-state index contributed by atoms with van der Waals surface area (Å²) in [4.78, 5) is 15.2. The first-order valence-electron chi connectivity index (χ1n) is 9.56. The largest absolute Gasteiger partial charge is 0.339 e. The normalized spacial score (nSPS) is 16.4. The van der Waals surface area contributed by atoms with Crippen molar-refractivity contribution in [2.24, 2.45) is 0 Å². The highest BCUT2D eigenvalue weighted by Crippen LogP contribution is 2.29. The van der Waals surface area contributed by atoms with Crippen LogP contribution in [0.5, 0.6) is 0 Å². The highest BCUT2D eigenvalue weighted by atomic mass is 32.2. The zero-order valence-electron chi connectivity index (χ0n) is 15.9. The first-order valence-corrected chi connectivity index (χ1v) is 10.4. The van der Waals surface area contributed by atoms with Gasteiger partial charge in [-0.15, -0.1) is 10.2 Å². The molecule has 3 rings (SSSR count). The van der Waals surface area contributed by atoms with E-state index >= 15 is 0 Å². The zero-order valence-corrected chi connectivity index (χ0v) is 16.7. The van der Waals surface area contributed by atoms with Crippen molar-refractivity contribution in [1.29, 1.82) is 0 Å². The van der Waals surface area contributed by atoms with Gasteiger partial charge in [-0.3, -0.25) is 9.36 Å². The highest BCUT2D eigenvalue weighted by Gasteiger charge is 2.29. The van der Waals surface area contributed by atoms with Gasteiger partial charge in [-0.2, -0.15) is 0 Å². The van der Waals surface area contributed by atoms with Gasteiger partial charge in [0.1, 0.15) is 5.82 Å². The smallest absolute Gasteiger partial charge is 0.236 e. The number of thioether (sulfide) groups is 1. The molecule has 5 nitrogen and oxygen atoms in total. The maximum Gasteiger partial charge on any atom is 0.236 e. The van der Waals surface area contributed by atoms with E-state index in [9.17, 15) is 4.79 Å². The van der Waals surface area contributed by atoms with Gasteiger partial charge < -0.3 is 4.90 Å². The van der Waals surface area contributed by atoms with Crippen molar-refractivity contribution in [2.45, 2.75) is 69.3 Å². The number of aromatic nitrogens is 3. The summed E-state index contributed by atoms with van der Waals surface area (Å²) in [6.45, 7) is 6.79. The fourth-order valence-electron chi connectivity index (χ4n) is 3.72. The summed E-state index contributed by atoms with van der Waals surface area (Å²) < 4.78 is 2.02. The average Bonchev–Trinajstić information content (AvgIpc) is 3.04. The van der Waals surface area contributed by atoms with Crippen LogP contribution in [0.4, 0.5) is 0 Å². The van der Waals surface area contributed by atoms with Crippen LogP contribution < -0.4 is 0 Å². The van der Waals surface area contributed by atoms with Crippen LogP contribution in [-0.2, 0) is 4.79 Å². The molecule has 1 amide bonds. The van der Waals surface area contributed by atoms with E-state index < -0.39 is 0 Å². The van der Waals surface area contributed by atoms with Gasteiger partial charge >= 0.3 is 0 Å². The van der Waals surface area contributed by atoms with Gasteiger partial charge in [-0.1, -0.05) is 49.2 Å². The zero-order chi connectivity index (χ0) is 18.5. The summed E-state index contributed by atoms with van der Waals surface area (Å²) in [5.41, 5.74) is 1.02. The highest BCUT2D eigenvalue weighted by molar-refractivity contribution is 8.00. The van der Waals surface area contributed by atoms with Crippen LogP contribution in [0.2, 0.25) is 0 Å². The number of carbonyl (C=O) groups is 1. The minimum atomic E-state index is -0.178. The third-order valence-electron chi connectivity index (χ3n) is 5.08. The maximum absolute atomic E-state index is 13.1. The molecule has 0 radical (unpaired) electrons. The van der Waals surface area contributed by atoms with Crippen molar-refractivity contribution < 1.29 is 4.79 Å². The lowest BCUT2D eigenvalue weighted by Crippen LogP contribution is -2.44. The number of amides is 1. The molecule has 140 valence electrons. The Balaban J connectivity index is 1.75. The number of aryl methyl sites for hydroxylation is 1. The van der Waals surface area contributed by atoms with Crippen molar-refractivity contribution in [1.82, 2.24) is 19.7 Å². The number of para-hydroxylation sites is 1. The molecule has 0 bridgehead atoms. The van der Waals surface area contributed by atoms with Gasteiger partial charge in [0.25, 0.3) is 0 Å². The van der Waals surface area contributed by atoms with Crippen LogP contribution in [0, 0.1) is 6.92 Å². The number of hydrogen-bond donors (Lipinski definition) is 0. The fraction of sp³-hybridized carbons (Fsp3) is 0.550. The van der Waals surface area contributed by atoms with Crippen LogP contribution in [0.25, 0.3) is 5.69 Å². The van der Waals surface area contributed by atoms with Crippen molar-refractivity contribution in [3.63, 3.8) is 0 Å². The lowest BCUT2D eigenvalue weighted by Gasteiger charge is -2.35. The number of carbonyl (C=O) groups excluding carboxylic acids is 1. The third-order valence-corrected chi connectivity index (χ3v) is 6.11. The Bertz CT molecular complexity index is 725. The van der Waals surface area contributed by atoms with E-state index in [4.69, 9.17) is 0 Å². The van der Waals surface area contributed by atoms with Gasteiger partial charge in [-0.05, 0) is 45.7 Å². The second-order valence-electron chi connectivity index (χ2n) is 6.88. The summed E-state index contributed by atoms with van der Waals surface area (Å²) in [7, 11) is 0. The molecule has 1 aromatic carbocycles. The Morgan fingerprint density at radius 1 is 1.23 bits per heavy atom. The second kappa shape index (κ2) is 8.71. The second-order valence-corrected chi connectivity index (χ2v) is 8.18. The minimum Gasteiger partial charge on any atom is -0.339 e. The van der Waals surface area contributed by atoms with Crippen LogP contribution in [0.3, 0.4) is 0 Å². The standard InChI is InChI=1S/C20H28N4OS/c1-4-23(17-11-7-5-8-12-17)19(25)15(2)26-20-22-21-16(3)24(20)18-13-9-6-10-14-18/h6,9-10,13-15,17H,4-5,7-8,11-12H2,1-3H3/t15-/m0/s1. The Labute approximate surface area is 160 Å². The maximum atomic E-state index is 13.1. The first-order chi connectivity index (χ1) is 12.6. The summed E-state index contributed by atoms with van der Waals surface area (Å²) in [5.74, 6) is 1.04. The molecular weight excluding hydrogens is 344 g/mol. The molecule has 0 unspecified atom stereocenters. The van der Waals surface area contributed by atoms with Crippen LogP contribution in [-0.4, -0.2) is 43.4 Å². The molecule has 0 spiro atoms. The molecule has 26 heavy (non-hydrogen) atoms. The molecule has 1 saturated carbocycles. The molecule has 0 aliphatic heterocycles. The molecule has 1 heterocycles. The Hall–Kier alpha value is -1.82. The minimum absolute atomic E-state index is 0.178. The first kappa shape index (κ1) is 19.0. The Morgan fingerprint density at radius 3 is 2.58 bits per heavy atom. The Morgan fingerprint density at radius 2 is 1.92 bits per heavy atom. The van der Waals surface area contributed by atoms with Crippen molar-refractivity contribution in [3.05, 3.63) is 36.2 Å². The van der Waals surface area contributed by atoms with E-state index in [-0.39, 0.29) is 11.2 Å². The molecule has 1 atom stereocenters. The van der Waals surface area contributed by atoms with Crippen molar-refractivity contribution in [3.8, 4) is 5.69 Å². The molecule has 6 heteroatoms. The van der Waals surface area contributed by atoms with Crippen LogP contribution >= 0.6 is 11.8 Å². The van der Waals surface area contributed by atoms with E-state index in [1.807, 2.05) is 48.7 Å². The van der Waals surface area contributed by atoms with Gasteiger partial charge in [0, 0.05) is 18.3 Å². The van der Waals surface area contributed by atoms with Gasteiger partial charge in [0.15, 0.2) is 5.16 Å². The van der Waals surface area contributed by atoms with E-state index in [0.717, 1.165) is 36.1 Å². The Kier molecular flexibility index (Phi) is 6.35. The summed E-state index contributed by atoms with van der Waals surface area (Å²) in [6, 6.07) is 10.5. The molecule has 0 saturated heterocycles. The van der Waals surface area contributed by atoms with Crippen molar-refractivity contribution in [2.75, 3.05) is 6.54 Å². The van der Waals surface area contributed by atoms with E-state index in [0.29, 0.717) is 6.04 Å². The molecular formula is C20H28N4OS. The summed E-state index contributed by atoms with van der Waals surface area (Å²) >= 11 is 1.50. The summed E-state index contributed by atoms with van der Waals surface area (Å²) in [6.07, 6.45) is 6.04. The molecule has 0 N–H and O–H groups in total. The summed E-state index contributed by atoms with van der Waals surface area (Å²) in [5, 5.41) is 9.14. The predicted octanol–water partition coefficient (Wildman–Crippen LogP) is 4.24. The number of benzene rings is 1. The van der Waals surface area contributed by atoms with Crippen LogP contribution in [0.15, 0.2) is 35.5 Å². The van der Waals surface area contributed by atoms with E-state index in [2.05, 4.69) is 22.0 Å². The molecule has 2 aromatic rings. The lowest BCUT2D eigenvalue weighted by molar-refractivity contribution is -0.133. The lowest BCUT2D eigenvalue weighted by atomic mass is 9.94. The monoisotopic (exact) mass is 372 g/mol. The molecule has 1 aliphatic rings. The van der Waals surface area contributed by atoms with Gasteiger partial charge in [0.2, 0.25) is 5.91 Å².